The molecule has 8 aromatic carbocycles. The summed E-state index contributed by atoms with van der Waals surface area (Å²) in [7, 11) is 0. The van der Waals surface area contributed by atoms with Crippen LogP contribution in [0.3, 0.4) is 0 Å². The molecule has 4 nitrogen and oxygen atoms in total. The van der Waals surface area contributed by atoms with E-state index in [1.807, 2.05) is 12.1 Å². The normalized spacial score (nSPS) is 11.8. The number of fused-ring (bicyclic) bond motifs is 9. The zero-order chi connectivity index (χ0) is 34.2. The third kappa shape index (κ3) is 4.28. The van der Waals surface area contributed by atoms with E-state index in [1.54, 1.807) is 0 Å². The van der Waals surface area contributed by atoms with Gasteiger partial charge in [-0.05, 0) is 60.0 Å². The van der Waals surface area contributed by atoms with Crippen molar-refractivity contribution in [3.63, 3.8) is 0 Å². The van der Waals surface area contributed by atoms with Crippen molar-refractivity contribution in [1.29, 1.82) is 0 Å². The molecular weight excluding hydrogens is 633 g/mol. The molecule has 0 amide bonds. The van der Waals surface area contributed by atoms with Crippen LogP contribution in [-0.4, -0.2) is 19.1 Å². The molecule has 0 radical (unpaired) electrons. The van der Waals surface area contributed by atoms with Crippen LogP contribution in [-0.2, 0) is 0 Å². The number of aromatic nitrogens is 4. The maximum Gasteiger partial charge on any atom is 0.0973 e. The molecular formula is C48H30N4. The molecule has 0 spiro atoms. The highest BCUT2D eigenvalue weighted by Gasteiger charge is 2.18. The molecule has 4 heteroatoms. The van der Waals surface area contributed by atoms with Gasteiger partial charge in [-0.1, -0.05) is 127 Å². The lowest BCUT2D eigenvalue weighted by Gasteiger charge is -2.14. The molecule has 0 bridgehead atoms. The molecule has 0 saturated carbocycles. The molecule has 0 aliphatic heterocycles. The smallest absolute Gasteiger partial charge is 0.0973 e. The Morgan fingerprint density at radius 3 is 1.37 bits per heavy atom. The highest BCUT2D eigenvalue weighted by molar-refractivity contribution is 6.13. The average molecular weight is 663 g/mol. The first-order valence-corrected chi connectivity index (χ1v) is 17.7. The Morgan fingerprint density at radius 1 is 0.327 bits per heavy atom. The second kappa shape index (κ2) is 11.2. The van der Waals surface area contributed by atoms with E-state index in [2.05, 4.69) is 179 Å². The van der Waals surface area contributed by atoms with Gasteiger partial charge in [0.1, 0.15) is 0 Å². The Labute approximate surface area is 299 Å². The van der Waals surface area contributed by atoms with Crippen molar-refractivity contribution < 1.29 is 0 Å². The largest absolute Gasteiger partial charge is 0.309 e. The first-order valence-electron chi connectivity index (χ1n) is 17.7. The predicted octanol–water partition coefficient (Wildman–Crippen LogP) is 12.3. The lowest BCUT2D eigenvalue weighted by atomic mass is 10.0. The van der Waals surface area contributed by atoms with Gasteiger partial charge in [0.2, 0.25) is 0 Å². The second-order valence-electron chi connectivity index (χ2n) is 13.4. The number of benzene rings is 8. The van der Waals surface area contributed by atoms with E-state index in [0.29, 0.717) is 0 Å². The van der Waals surface area contributed by atoms with Crippen molar-refractivity contribution in [2.24, 2.45) is 0 Å². The molecule has 11 aromatic rings. The Bertz CT molecular complexity index is 3120. The summed E-state index contributed by atoms with van der Waals surface area (Å²) in [5.74, 6) is 0. The molecule has 242 valence electrons. The van der Waals surface area contributed by atoms with Crippen LogP contribution in [0.25, 0.3) is 99.3 Å². The van der Waals surface area contributed by atoms with Gasteiger partial charge >= 0.3 is 0 Å². The number of hydrogen-bond donors (Lipinski definition) is 0. The Morgan fingerprint density at radius 2 is 0.769 bits per heavy atom. The zero-order valence-corrected chi connectivity index (χ0v) is 28.1. The number of nitrogens with zero attached hydrogens (tertiary/aromatic N) is 4. The average Bonchev–Trinajstić information content (AvgIpc) is 3.73. The van der Waals surface area contributed by atoms with Crippen molar-refractivity contribution in [3.8, 4) is 33.9 Å². The standard InChI is InChI=1S/C48H30N4/c1-3-13-32(14-4-1)46-47(33-15-5-2-6-16-33)50-48-39-29-34(25-23-31(39)24-27-41(48)49-46)52-44-22-12-9-19-38(44)40-30-35(26-28-45(40)52)51-42-20-10-7-17-36(42)37-18-8-11-21-43(37)51/h1-30H. The predicted molar refractivity (Wildman–Crippen MR) is 217 cm³/mol. The summed E-state index contributed by atoms with van der Waals surface area (Å²) >= 11 is 0. The van der Waals surface area contributed by atoms with Gasteiger partial charge in [-0.15, -0.1) is 0 Å². The molecule has 3 heterocycles. The molecule has 0 fully saturated rings. The molecule has 0 aliphatic rings. The lowest BCUT2D eigenvalue weighted by molar-refractivity contribution is 1.17. The first kappa shape index (κ1) is 28.8. The van der Waals surface area contributed by atoms with E-state index in [9.17, 15) is 0 Å². The molecule has 0 aliphatic carbocycles. The fourth-order valence-corrected chi connectivity index (χ4v) is 8.14. The molecule has 0 unspecified atom stereocenters. The van der Waals surface area contributed by atoms with Crippen LogP contribution >= 0.6 is 0 Å². The quantitative estimate of drug-likeness (QED) is 0.176. The Kier molecular flexibility index (Phi) is 6.22. The monoisotopic (exact) mass is 662 g/mol. The van der Waals surface area contributed by atoms with Crippen LogP contribution < -0.4 is 0 Å². The summed E-state index contributed by atoms with van der Waals surface area (Å²) in [6.45, 7) is 0. The van der Waals surface area contributed by atoms with E-state index < -0.39 is 0 Å². The van der Waals surface area contributed by atoms with Crippen LogP contribution in [0.2, 0.25) is 0 Å². The van der Waals surface area contributed by atoms with Crippen molar-refractivity contribution in [1.82, 2.24) is 19.1 Å². The van der Waals surface area contributed by atoms with E-state index >= 15 is 0 Å². The Hall–Kier alpha value is -7.04. The molecule has 0 atom stereocenters. The highest BCUT2D eigenvalue weighted by atomic mass is 15.0. The Balaban J connectivity index is 1.15. The third-order valence-electron chi connectivity index (χ3n) is 10.5. The van der Waals surface area contributed by atoms with Crippen LogP contribution in [0.1, 0.15) is 0 Å². The van der Waals surface area contributed by atoms with Crippen molar-refractivity contribution >= 4 is 65.4 Å². The van der Waals surface area contributed by atoms with E-state index in [0.717, 1.165) is 61.2 Å². The van der Waals surface area contributed by atoms with Gasteiger partial charge in [-0.3, -0.25) is 0 Å². The number of para-hydroxylation sites is 3. The molecule has 52 heavy (non-hydrogen) atoms. The van der Waals surface area contributed by atoms with Crippen LogP contribution in [0.15, 0.2) is 182 Å². The minimum Gasteiger partial charge on any atom is -0.309 e. The molecule has 0 saturated heterocycles. The van der Waals surface area contributed by atoms with E-state index in [1.165, 1.54) is 38.1 Å². The third-order valence-corrected chi connectivity index (χ3v) is 10.5. The zero-order valence-electron chi connectivity index (χ0n) is 28.1. The summed E-state index contributed by atoms with van der Waals surface area (Å²) < 4.78 is 4.79. The first-order chi connectivity index (χ1) is 25.8. The highest BCUT2D eigenvalue weighted by Crippen LogP contribution is 2.39. The van der Waals surface area contributed by atoms with Gasteiger partial charge in [0.25, 0.3) is 0 Å². The topological polar surface area (TPSA) is 35.6 Å². The second-order valence-corrected chi connectivity index (χ2v) is 13.4. The van der Waals surface area contributed by atoms with Gasteiger partial charge in [0.05, 0.1) is 44.5 Å². The van der Waals surface area contributed by atoms with Gasteiger partial charge in [-0.25, -0.2) is 9.97 Å². The lowest BCUT2D eigenvalue weighted by Crippen LogP contribution is -1.98. The van der Waals surface area contributed by atoms with Crippen LogP contribution in [0.5, 0.6) is 0 Å². The summed E-state index contributed by atoms with van der Waals surface area (Å²) in [5.41, 5.74) is 12.6. The van der Waals surface area contributed by atoms with Crippen molar-refractivity contribution in [3.05, 3.63) is 182 Å². The van der Waals surface area contributed by atoms with Crippen LogP contribution in [0.4, 0.5) is 0 Å². The van der Waals surface area contributed by atoms with Gasteiger partial charge in [0, 0.05) is 49.4 Å². The summed E-state index contributed by atoms with van der Waals surface area (Å²) in [6, 6.07) is 64.8. The van der Waals surface area contributed by atoms with E-state index in [-0.39, 0.29) is 0 Å². The molecule has 11 rings (SSSR count). The summed E-state index contributed by atoms with van der Waals surface area (Å²) in [5, 5.41) is 7.17. The van der Waals surface area contributed by atoms with Gasteiger partial charge in [0.15, 0.2) is 0 Å². The van der Waals surface area contributed by atoms with Crippen molar-refractivity contribution in [2.45, 2.75) is 0 Å². The van der Waals surface area contributed by atoms with Crippen LogP contribution in [0, 0.1) is 0 Å². The molecule has 0 N–H and O–H groups in total. The minimum absolute atomic E-state index is 0.876. The number of rotatable bonds is 4. The van der Waals surface area contributed by atoms with E-state index in [4.69, 9.17) is 9.97 Å². The number of hydrogen-bond acceptors (Lipinski definition) is 2. The van der Waals surface area contributed by atoms with Gasteiger partial charge < -0.3 is 9.13 Å². The van der Waals surface area contributed by atoms with Crippen molar-refractivity contribution in [2.75, 3.05) is 0 Å². The van der Waals surface area contributed by atoms with Gasteiger partial charge in [-0.2, -0.15) is 0 Å². The fourth-order valence-electron chi connectivity index (χ4n) is 8.14. The SMILES string of the molecule is c1ccc(-c2nc3ccc4ccc(-n5c6ccccc6c6cc(-n7c8ccccc8c8ccccc87)ccc65)cc4c3nc2-c2ccccc2)cc1. The summed E-state index contributed by atoms with van der Waals surface area (Å²) in [6.07, 6.45) is 0. The maximum absolute atomic E-state index is 5.41. The fraction of sp³-hybridized carbons (Fsp3) is 0. The summed E-state index contributed by atoms with van der Waals surface area (Å²) in [4.78, 5) is 10.7. The molecule has 3 aromatic heterocycles. The minimum atomic E-state index is 0.876. The maximum atomic E-state index is 5.41.